The lowest BCUT2D eigenvalue weighted by Crippen LogP contribution is -2.48. The largest absolute Gasteiger partial charge is 0.507 e. The van der Waals surface area contributed by atoms with Crippen molar-refractivity contribution in [3.63, 3.8) is 0 Å². The van der Waals surface area contributed by atoms with E-state index in [1.165, 1.54) is 82.6 Å². The Morgan fingerprint density at radius 1 is 0.562 bits per heavy atom. The molecular weight excluding hydrogens is 392 g/mol. The van der Waals surface area contributed by atoms with Crippen molar-refractivity contribution in [3.05, 3.63) is 35.4 Å². The molecule has 8 bridgehead atoms. The van der Waals surface area contributed by atoms with Gasteiger partial charge >= 0.3 is 0 Å². The fourth-order valence-electron chi connectivity index (χ4n) is 11.0. The number of benzene rings is 2. The van der Waals surface area contributed by atoms with E-state index in [2.05, 4.69) is 18.2 Å². The third-order valence-corrected chi connectivity index (χ3v) is 11.3. The average molecular weight is 429 g/mol. The highest BCUT2D eigenvalue weighted by Gasteiger charge is 2.53. The third-order valence-electron chi connectivity index (χ3n) is 11.3. The Morgan fingerprint density at radius 3 is 1.53 bits per heavy atom. The van der Waals surface area contributed by atoms with Crippen LogP contribution in [0.5, 0.6) is 11.5 Å². The molecule has 0 heterocycles. The summed E-state index contributed by atoms with van der Waals surface area (Å²) in [6, 6.07) is 8.66. The monoisotopic (exact) mass is 428 g/mol. The average Bonchev–Trinajstić information content (AvgIpc) is 2.74. The molecule has 10 rings (SSSR count). The number of hydrogen-bond donors (Lipinski definition) is 2. The van der Waals surface area contributed by atoms with E-state index in [9.17, 15) is 10.2 Å². The van der Waals surface area contributed by atoms with Gasteiger partial charge in [0.05, 0.1) is 0 Å². The predicted molar refractivity (Wildman–Crippen MR) is 127 cm³/mol. The fourth-order valence-corrected chi connectivity index (χ4v) is 11.0. The van der Waals surface area contributed by atoms with Crippen molar-refractivity contribution in [2.75, 3.05) is 0 Å². The minimum atomic E-state index is 0.0984. The molecule has 2 nitrogen and oxygen atoms in total. The van der Waals surface area contributed by atoms with E-state index in [0.29, 0.717) is 16.9 Å². The summed E-state index contributed by atoms with van der Waals surface area (Å²) in [6.45, 7) is 0. The number of phenolic OH excluding ortho intramolecular Hbond substituents is 2. The molecule has 0 aromatic heterocycles. The molecule has 0 radical (unpaired) electrons. The number of hydrogen-bond acceptors (Lipinski definition) is 2. The summed E-state index contributed by atoms with van der Waals surface area (Å²) >= 11 is 0. The van der Waals surface area contributed by atoms with Crippen LogP contribution in [0.2, 0.25) is 0 Å². The van der Waals surface area contributed by atoms with E-state index in [4.69, 9.17) is 0 Å². The normalized spacial score (nSPS) is 45.8. The van der Waals surface area contributed by atoms with Crippen LogP contribution in [-0.4, -0.2) is 10.2 Å². The highest BCUT2D eigenvalue weighted by Crippen LogP contribution is 2.64. The molecule has 2 aromatic carbocycles. The van der Waals surface area contributed by atoms with Crippen LogP contribution in [0.1, 0.15) is 88.2 Å². The Morgan fingerprint density at radius 2 is 1.03 bits per heavy atom. The number of rotatable bonds is 2. The van der Waals surface area contributed by atoms with Crippen LogP contribution < -0.4 is 0 Å². The molecule has 32 heavy (non-hydrogen) atoms. The van der Waals surface area contributed by atoms with Gasteiger partial charge in [0.15, 0.2) is 0 Å². The van der Waals surface area contributed by atoms with E-state index in [1.54, 1.807) is 0 Å². The van der Waals surface area contributed by atoms with Crippen LogP contribution in [0.3, 0.4) is 0 Å². The SMILES string of the molecule is Oc1cc(C23CC4CC(CC(C4)C2)C3)c(O)c2cc(C34CC5CC(CC(C5)C3)C4)ccc12. The quantitative estimate of drug-likeness (QED) is 0.497. The second-order valence-electron chi connectivity index (χ2n) is 13.4. The summed E-state index contributed by atoms with van der Waals surface area (Å²) in [5, 5.41) is 24.6. The Labute approximate surface area is 191 Å². The Hall–Kier alpha value is -1.70. The van der Waals surface area contributed by atoms with Gasteiger partial charge in [0, 0.05) is 16.3 Å². The molecule has 0 unspecified atom stereocenters. The lowest BCUT2D eigenvalue weighted by atomic mass is 9.47. The van der Waals surface area contributed by atoms with E-state index in [1.807, 2.05) is 6.07 Å². The Balaban J connectivity index is 1.27. The lowest BCUT2D eigenvalue weighted by molar-refractivity contribution is -0.00613. The summed E-state index contributed by atoms with van der Waals surface area (Å²) < 4.78 is 0. The summed E-state index contributed by atoms with van der Waals surface area (Å²) in [5.41, 5.74) is 2.94. The molecule has 8 aliphatic rings. The van der Waals surface area contributed by atoms with Crippen LogP contribution in [0.25, 0.3) is 10.8 Å². The molecule has 0 amide bonds. The lowest BCUT2D eigenvalue weighted by Gasteiger charge is -2.57. The molecule has 2 heteroatoms. The zero-order valence-electron chi connectivity index (χ0n) is 19.2. The van der Waals surface area contributed by atoms with E-state index in [0.717, 1.165) is 51.8 Å². The summed E-state index contributed by atoms with van der Waals surface area (Å²) in [6.07, 6.45) is 16.2. The fraction of sp³-hybridized carbons (Fsp3) is 0.667. The summed E-state index contributed by atoms with van der Waals surface area (Å²) in [4.78, 5) is 0. The molecule has 8 aliphatic carbocycles. The summed E-state index contributed by atoms with van der Waals surface area (Å²) in [5.74, 6) is 6.10. The molecule has 168 valence electrons. The predicted octanol–water partition coefficient (Wildman–Crippen LogP) is 7.19. The number of phenols is 2. The van der Waals surface area contributed by atoms with Crippen molar-refractivity contribution >= 4 is 10.8 Å². The zero-order valence-corrected chi connectivity index (χ0v) is 19.2. The maximum absolute atomic E-state index is 11.7. The van der Waals surface area contributed by atoms with Gasteiger partial charge in [-0.15, -0.1) is 0 Å². The van der Waals surface area contributed by atoms with Crippen molar-refractivity contribution in [2.24, 2.45) is 35.5 Å². The second kappa shape index (κ2) is 6.05. The molecule has 0 spiro atoms. The maximum atomic E-state index is 11.7. The second-order valence-corrected chi connectivity index (χ2v) is 13.4. The van der Waals surface area contributed by atoms with Crippen molar-refractivity contribution in [1.82, 2.24) is 0 Å². The first kappa shape index (κ1) is 18.7. The van der Waals surface area contributed by atoms with Crippen LogP contribution in [0, 0.1) is 35.5 Å². The van der Waals surface area contributed by atoms with Gasteiger partial charge in [0.25, 0.3) is 0 Å². The zero-order chi connectivity index (χ0) is 21.2. The van der Waals surface area contributed by atoms with E-state index < -0.39 is 0 Å². The van der Waals surface area contributed by atoms with Crippen LogP contribution in [0.4, 0.5) is 0 Å². The van der Waals surface area contributed by atoms with Gasteiger partial charge in [0.2, 0.25) is 0 Å². The molecule has 8 fully saturated rings. The smallest absolute Gasteiger partial charge is 0.127 e. The van der Waals surface area contributed by atoms with Gasteiger partial charge in [-0.1, -0.05) is 12.1 Å². The topological polar surface area (TPSA) is 40.5 Å². The van der Waals surface area contributed by atoms with Crippen LogP contribution in [-0.2, 0) is 10.8 Å². The van der Waals surface area contributed by atoms with Gasteiger partial charge in [-0.25, -0.2) is 0 Å². The van der Waals surface area contributed by atoms with Crippen LogP contribution >= 0.6 is 0 Å². The number of aromatic hydroxyl groups is 2. The molecule has 2 aromatic rings. The van der Waals surface area contributed by atoms with Gasteiger partial charge in [-0.3, -0.25) is 0 Å². The molecule has 0 aliphatic heterocycles. The highest BCUT2D eigenvalue weighted by molar-refractivity contribution is 5.95. The first-order valence-electron chi connectivity index (χ1n) is 13.5. The van der Waals surface area contributed by atoms with Crippen molar-refractivity contribution in [2.45, 2.75) is 87.9 Å². The minimum absolute atomic E-state index is 0.0984. The molecule has 8 saturated carbocycles. The van der Waals surface area contributed by atoms with E-state index in [-0.39, 0.29) is 5.41 Å². The van der Waals surface area contributed by atoms with Gasteiger partial charge < -0.3 is 10.2 Å². The molecule has 0 saturated heterocycles. The molecule has 2 N–H and O–H groups in total. The molecular formula is C30H36O2. The first-order valence-corrected chi connectivity index (χ1v) is 13.5. The standard InChI is InChI=1S/C30H36O2/c31-27-10-26(30-14-20-6-21(15-30)8-22(7-20)16-30)28(32)25-9-23(1-2-24(25)27)29-11-17-3-18(12-29)5-19(4-17)13-29/h1-2,9-10,17-22,31-32H,3-8,11-16H2. The maximum Gasteiger partial charge on any atom is 0.127 e. The van der Waals surface area contributed by atoms with Crippen molar-refractivity contribution in [3.8, 4) is 11.5 Å². The number of fused-ring (bicyclic) bond motifs is 1. The highest BCUT2D eigenvalue weighted by atomic mass is 16.3. The third kappa shape index (κ3) is 2.42. The minimum Gasteiger partial charge on any atom is -0.507 e. The van der Waals surface area contributed by atoms with Crippen molar-refractivity contribution < 1.29 is 10.2 Å². The molecule has 0 atom stereocenters. The first-order chi connectivity index (χ1) is 15.5. The Kier molecular flexibility index (Phi) is 3.53. The van der Waals surface area contributed by atoms with Gasteiger partial charge in [-0.05, 0) is 141 Å². The Bertz CT molecular complexity index is 1060. The van der Waals surface area contributed by atoms with E-state index >= 15 is 0 Å². The van der Waals surface area contributed by atoms with Crippen molar-refractivity contribution in [1.29, 1.82) is 0 Å². The summed E-state index contributed by atoms with van der Waals surface area (Å²) in [7, 11) is 0. The van der Waals surface area contributed by atoms with Crippen LogP contribution in [0.15, 0.2) is 24.3 Å². The van der Waals surface area contributed by atoms with Gasteiger partial charge in [0.1, 0.15) is 11.5 Å². The van der Waals surface area contributed by atoms with Gasteiger partial charge in [-0.2, -0.15) is 0 Å².